The van der Waals surface area contributed by atoms with E-state index < -0.39 is 0 Å². The number of hydrogen-bond donors (Lipinski definition) is 0. The van der Waals surface area contributed by atoms with E-state index in [1.54, 1.807) is 12.4 Å². The summed E-state index contributed by atoms with van der Waals surface area (Å²) in [5.41, 5.74) is 3.16. The van der Waals surface area contributed by atoms with Crippen molar-refractivity contribution in [1.29, 1.82) is 0 Å². The maximum absolute atomic E-state index is 5.71. The van der Waals surface area contributed by atoms with E-state index >= 15 is 0 Å². The molecule has 0 aliphatic rings. The van der Waals surface area contributed by atoms with Gasteiger partial charge in [-0.1, -0.05) is 17.7 Å². The summed E-state index contributed by atoms with van der Waals surface area (Å²) < 4.78 is 0. The molecule has 0 bridgehead atoms. The first kappa shape index (κ1) is 12.8. The molecule has 4 heteroatoms. The van der Waals surface area contributed by atoms with Crippen LogP contribution in [0, 0.1) is 6.92 Å². The van der Waals surface area contributed by atoms with Gasteiger partial charge in [-0.05, 0) is 26.0 Å². The van der Waals surface area contributed by atoms with Crippen molar-refractivity contribution in [3.63, 3.8) is 0 Å². The van der Waals surface area contributed by atoms with Crippen molar-refractivity contribution in [2.24, 2.45) is 0 Å². The molecule has 2 rings (SSSR count). The molecule has 3 nitrogen and oxygen atoms in total. The summed E-state index contributed by atoms with van der Waals surface area (Å²) in [6.45, 7) is 5.02. The van der Waals surface area contributed by atoms with Crippen LogP contribution in [0.4, 0.5) is 11.5 Å². The van der Waals surface area contributed by atoms with Crippen molar-refractivity contribution < 1.29 is 0 Å². The highest BCUT2D eigenvalue weighted by molar-refractivity contribution is 6.16. The molecule has 0 aliphatic heterocycles. The molecule has 1 aromatic carbocycles. The van der Waals surface area contributed by atoms with Crippen LogP contribution < -0.4 is 4.90 Å². The van der Waals surface area contributed by atoms with Crippen LogP contribution in [0.2, 0.25) is 0 Å². The Balaban J connectivity index is 2.29. The lowest BCUT2D eigenvalue weighted by Crippen LogP contribution is -2.17. The number of rotatable bonds is 4. The summed E-state index contributed by atoms with van der Waals surface area (Å²) in [5, 5.41) is 0. The summed E-state index contributed by atoms with van der Waals surface area (Å²) in [5.74, 6) is 1.24. The van der Waals surface area contributed by atoms with Crippen LogP contribution in [0.5, 0.6) is 0 Å². The van der Waals surface area contributed by atoms with Crippen LogP contribution in [0.25, 0.3) is 0 Å². The summed E-state index contributed by atoms with van der Waals surface area (Å²) in [6, 6.07) is 8.38. The molecule has 0 radical (unpaired) electrons. The van der Waals surface area contributed by atoms with Gasteiger partial charge in [0.25, 0.3) is 0 Å². The number of aryl methyl sites for hydroxylation is 1. The summed E-state index contributed by atoms with van der Waals surface area (Å²) in [4.78, 5) is 10.8. The van der Waals surface area contributed by atoms with E-state index in [0.717, 1.165) is 23.7 Å². The quantitative estimate of drug-likeness (QED) is 0.786. The maximum Gasteiger partial charge on any atom is 0.151 e. The van der Waals surface area contributed by atoms with E-state index in [0.29, 0.717) is 5.88 Å². The van der Waals surface area contributed by atoms with Crippen LogP contribution in [0.15, 0.2) is 36.7 Å². The minimum Gasteiger partial charge on any atom is -0.325 e. The fourth-order valence-electron chi connectivity index (χ4n) is 1.76. The second-order valence-electron chi connectivity index (χ2n) is 4.08. The molecular formula is C14H16ClN3. The minimum atomic E-state index is 0.393. The van der Waals surface area contributed by atoms with Crippen LogP contribution in [-0.4, -0.2) is 16.5 Å². The molecule has 0 spiro atoms. The fourth-order valence-corrected chi connectivity index (χ4v) is 1.90. The number of aromatic nitrogens is 2. The smallest absolute Gasteiger partial charge is 0.151 e. The van der Waals surface area contributed by atoms with E-state index in [9.17, 15) is 0 Å². The van der Waals surface area contributed by atoms with E-state index in [4.69, 9.17) is 11.6 Å². The number of nitrogens with zero attached hydrogens (tertiary/aromatic N) is 3. The van der Waals surface area contributed by atoms with Crippen LogP contribution in [0.3, 0.4) is 0 Å². The van der Waals surface area contributed by atoms with E-state index in [1.807, 2.05) is 0 Å². The third-order valence-electron chi connectivity index (χ3n) is 2.77. The fraction of sp³-hybridized carbons (Fsp3) is 0.286. The molecule has 18 heavy (non-hydrogen) atoms. The predicted molar refractivity (Wildman–Crippen MR) is 75.4 cm³/mol. The topological polar surface area (TPSA) is 29.0 Å². The van der Waals surface area contributed by atoms with Gasteiger partial charge in [-0.25, -0.2) is 4.98 Å². The maximum atomic E-state index is 5.71. The Bertz CT molecular complexity index is 493. The largest absolute Gasteiger partial charge is 0.325 e. The second kappa shape index (κ2) is 5.83. The summed E-state index contributed by atoms with van der Waals surface area (Å²) >= 11 is 5.71. The molecule has 0 aliphatic carbocycles. The second-order valence-corrected chi connectivity index (χ2v) is 4.35. The molecule has 1 heterocycles. The lowest BCUT2D eigenvalue weighted by molar-refractivity contribution is 0.962. The molecular weight excluding hydrogens is 246 g/mol. The lowest BCUT2D eigenvalue weighted by atomic mass is 10.2. The van der Waals surface area contributed by atoms with E-state index in [2.05, 4.69) is 53.0 Å². The SMILES string of the molecule is CCN(c1ccc(C)cc1)c1cnc(CCl)cn1. The normalized spacial score (nSPS) is 10.4. The van der Waals surface area contributed by atoms with Crippen molar-refractivity contribution in [3.05, 3.63) is 47.9 Å². The van der Waals surface area contributed by atoms with Crippen molar-refractivity contribution in [1.82, 2.24) is 9.97 Å². The molecule has 0 amide bonds. The highest BCUT2D eigenvalue weighted by atomic mass is 35.5. The van der Waals surface area contributed by atoms with Gasteiger partial charge < -0.3 is 4.90 Å². The van der Waals surface area contributed by atoms with Gasteiger partial charge in [0.15, 0.2) is 5.82 Å². The molecule has 0 N–H and O–H groups in total. The van der Waals surface area contributed by atoms with Gasteiger partial charge in [0.2, 0.25) is 0 Å². The standard InChI is InChI=1S/C14H16ClN3/c1-3-18(13-6-4-11(2)5-7-13)14-10-16-12(8-15)9-17-14/h4-7,9-10H,3,8H2,1-2H3. The number of benzene rings is 1. The molecule has 0 saturated carbocycles. The Morgan fingerprint density at radius 2 is 1.83 bits per heavy atom. The number of halogens is 1. The summed E-state index contributed by atoms with van der Waals surface area (Å²) in [7, 11) is 0. The van der Waals surface area contributed by atoms with Gasteiger partial charge in [-0.2, -0.15) is 0 Å². The zero-order chi connectivity index (χ0) is 13.0. The minimum absolute atomic E-state index is 0.393. The number of anilines is 2. The van der Waals surface area contributed by atoms with Crippen molar-refractivity contribution in [2.75, 3.05) is 11.4 Å². The first-order valence-corrected chi connectivity index (χ1v) is 6.49. The Hall–Kier alpha value is -1.61. The monoisotopic (exact) mass is 261 g/mol. The Labute approximate surface area is 112 Å². The van der Waals surface area contributed by atoms with Crippen molar-refractivity contribution in [2.45, 2.75) is 19.7 Å². The lowest BCUT2D eigenvalue weighted by Gasteiger charge is -2.21. The molecule has 94 valence electrons. The molecule has 1 aromatic heterocycles. The third kappa shape index (κ3) is 2.79. The van der Waals surface area contributed by atoms with Gasteiger partial charge in [0.1, 0.15) is 0 Å². The predicted octanol–water partition coefficient (Wildman–Crippen LogP) is 3.68. The average Bonchev–Trinajstić information content (AvgIpc) is 2.42. The zero-order valence-corrected chi connectivity index (χ0v) is 11.4. The van der Waals surface area contributed by atoms with Gasteiger partial charge in [-0.15, -0.1) is 11.6 Å². The van der Waals surface area contributed by atoms with Crippen molar-refractivity contribution in [3.8, 4) is 0 Å². The molecule has 0 unspecified atom stereocenters. The number of alkyl halides is 1. The first-order valence-electron chi connectivity index (χ1n) is 5.95. The van der Waals surface area contributed by atoms with Crippen LogP contribution >= 0.6 is 11.6 Å². The van der Waals surface area contributed by atoms with E-state index in [-0.39, 0.29) is 0 Å². The third-order valence-corrected chi connectivity index (χ3v) is 3.04. The molecule has 0 fully saturated rings. The highest BCUT2D eigenvalue weighted by Crippen LogP contribution is 2.22. The van der Waals surface area contributed by atoms with Gasteiger partial charge in [0, 0.05) is 12.2 Å². The van der Waals surface area contributed by atoms with Gasteiger partial charge in [-0.3, -0.25) is 4.98 Å². The molecule has 2 aromatic rings. The Morgan fingerprint density at radius 1 is 1.11 bits per heavy atom. The zero-order valence-electron chi connectivity index (χ0n) is 10.6. The first-order chi connectivity index (χ1) is 8.74. The van der Waals surface area contributed by atoms with Gasteiger partial charge in [0.05, 0.1) is 24.0 Å². The Morgan fingerprint density at radius 3 is 2.33 bits per heavy atom. The molecule has 0 atom stereocenters. The van der Waals surface area contributed by atoms with Gasteiger partial charge >= 0.3 is 0 Å². The number of hydrogen-bond acceptors (Lipinski definition) is 3. The molecule has 0 saturated heterocycles. The van der Waals surface area contributed by atoms with Crippen LogP contribution in [-0.2, 0) is 5.88 Å². The van der Waals surface area contributed by atoms with E-state index in [1.165, 1.54) is 5.56 Å². The van der Waals surface area contributed by atoms with Crippen molar-refractivity contribution >= 4 is 23.1 Å². The summed E-state index contributed by atoms with van der Waals surface area (Å²) in [6.07, 6.45) is 3.49. The Kier molecular flexibility index (Phi) is 4.15. The average molecular weight is 262 g/mol. The highest BCUT2D eigenvalue weighted by Gasteiger charge is 2.08. The van der Waals surface area contributed by atoms with Crippen LogP contribution in [0.1, 0.15) is 18.2 Å².